The van der Waals surface area contributed by atoms with E-state index in [0.717, 1.165) is 11.2 Å². The number of thioether (sulfide) groups is 1. The van der Waals surface area contributed by atoms with E-state index in [4.69, 9.17) is 14.9 Å². The van der Waals surface area contributed by atoms with E-state index in [1.54, 1.807) is 13.2 Å². The number of anilines is 1. The molecular formula is C14H13N3O2S. The standard InChI is InChI=1S/C14H13N3O2S/c1-18-13-4-2-3-10(16-13)8-20-14-17-11-6-5-9(15)7-12(11)19-14/h2-7H,8,15H2,1H3. The van der Waals surface area contributed by atoms with Gasteiger partial charge in [-0.1, -0.05) is 17.8 Å². The van der Waals surface area contributed by atoms with Gasteiger partial charge in [0.1, 0.15) is 5.52 Å². The van der Waals surface area contributed by atoms with Crippen LogP contribution in [0.4, 0.5) is 5.69 Å². The Morgan fingerprint density at radius 1 is 1.25 bits per heavy atom. The third kappa shape index (κ3) is 2.70. The Kier molecular flexibility index (Phi) is 3.47. The quantitative estimate of drug-likeness (QED) is 0.587. The van der Waals surface area contributed by atoms with Gasteiger partial charge in [-0.3, -0.25) is 0 Å². The van der Waals surface area contributed by atoms with Crippen LogP contribution >= 0.6 is 11.8 Å². The number of aromatic nitrogens is 2. The van der Waals surface area contributed by atoms with E-state index in [-0.39, 0.29) is 0 Å². The minimum Gasteiger partial charge on any atom is -0.481 e. The SMILES string of the molecule is COc1cccc(CSc2nc3ccc(N)cc3o2)n1. The number of ether oxygens (including phenoxy) is 1. The third-order valence-corrected chi connectivity index (χ3v) is 3.59. The molecule has 20 heavy (non-hydrogen) atoms. The second-order valence-electron chi connectivity index (χ2n) is 4.17. The highest BCUT2D eigenvalue weighted by Crippen LogP contribution is 2.27. The topological polar surface area (TPSA) is 74.2 Å². The van der Waals surface area contributed by atoms with Crippen molar-refractivity contribution in [1.29, 1.82) is 0 Å². The molecule has 6 heteroatoms. The number of rotatable bonds is 4. The fourth-order valence-electron chi connectivity index (χ4n) is 1.77. The number of benzene rings is 1. The van der Waals surface area contributed by atoms with Gasteiger partial charge in [0.05, 0.1) is 12.8 Å². The van der Waals surface area contributed by atoms with Gasteiger partial charge >= 0.3 is 0 Å². The van der Waals surface area contributed by atoms with Crippen molar-refractivity contribution in [3.8, 4) is 5.88 Å². The van der Waals surface area contributed by atoms with E-state index in [9.17, 15) is 0 Å². The summed E-state index contributed by atoms with van der Waals surface area (Å²) in [7, 11) is 1.60. The fraction of sp³-hybridized carbons (Fsp3) is 0.143. The van der Waals surface area contributed by atoms with Crippen molar-refractivity contribution >= 4 is 28.5 Å². The molecule has 3 aromatic rings. The third-order valence-electron chi connectivity index (χ3n) is 2.73. The van der Waals surface area contributed by atoms with Gasteiger partial charge in [0.15, 0.2) is 5.58 Å². The van der Waals surface area contributed by atoms with Crippen molar-refractivity contribution in [1.82, 2.24) is 9.97 Å². The Balaban J connectivity index is 1.76. The molecule has 0 amide bonds. The minimum absolute atomic E-state index is 0.605. The van der Waals surface area contributed by atoms with Crippen LogP contribution < -0.4 is 10.5 Å². The first-order chi connectivity index (χ1) is 9.74. The van der Waals surface area contributed by atoms with E-state index in [2.05, 4.69) is 9.97 Å². The lowest BCUT2D eigenvalue weighted by molar-refractivity contribution is 0.397. The summed E-state index contributed by atoms with van der Waals surface area (Å²) in [6, 6.07) is 11.1. The Morgan fingerprint density at radius 3 is 3.00 bits per heavy atom. The molecule has 2 aromatic heterocycles. The Bertz CT molecular complexity index is 742. The summed E-state index contributed by atoms with van der Waals surface area (Å²) in [5.74, 6) is 1.27. The summed E-state index contributed by atoms with van der Waals surface area (Å²) in [4.78, 5) is 8.74. The molecule has 0 aliphatic rings. The van der Waals surface area contributed by atoms with Crippen molar-refractivity contribution < 1.29 is 9.15 Å². The molecule has 5 nitrogen and oxygen atoms in total. The van der Waals surface area contributed by atoms with Gasteiger partial charge in [-0.05, 0) is 18.2 Å². The zero-order valence-electron chi connectivity index (χ0n) is 10.9. The number of nitrogens with zero attached hydrogens (tertiary/aromatic N) is 2. The first-order valence-corrected chi connectivity index (χ1v) is 7.02. The zero-order valence-corrected chi connectivity index (χ0v) is 11.7. The monoisotopic (exact) mass is 287 g/mol. The first kappa shape index (κ1) is 12.8. The molecule has 3 rings (SSSR count). The van der Waals surface area contributed by atoms with Crippen molar-refractivity contribution in [2.75, 3.05) is 12.8 Å². The normalized spacial score (nSPS) is 10.8. The Hall–Kier alpha value is -2.21. The zero-order chi connectivity index (χ0) is 13.9. The molecule has 0 aliphatic carbocycles. The predicted octanol–water partition coefficient (Wildman–Crippen LogP) is 3.11. The van der Waals surface area contributed by atoms with Gasteiger partial charge in [-0.15, -0.1) is 0 Å². The molecule has 0 aliphatic heterocycles. The molecule has 0 saturated heterocycles. The van der Waals surface area contributed by atoms with Gasteiger partial charge in [0.2, 0.25) is 5.88 Å². The average Bonchev–Trinajstić information content (AvgIpc) is 2.87. The summed E-state index contributed by atoms with van der Waals surface area (Å²) in [6.07, 6.45) is 0. The number of methoxy groups -OCH3 is 1. The van der Waals surface area contributed by atoms with Crippen LogP contribution in [0.1, 0.15) is 5.69 Å². The van der Waals surface area contributed by atoms with Crippen LogP contribution in [0.25, 0.3) is 11.1 Å². The number of oxazole rings is 1. The largest absolute Gasteiger partial charge is 0.481 e. The number of hydrogen-bond donors (Lipinski definition) is 1. The maximum absolute atomic E-state index is 5.71. The molecule has 0 unspecified atom stereocenters. The number of nitrogens with two attached hydrogens (primary N) is 1. The van der Waals surface area contributed by atoms with E-state index < -0.39 is 0 Å². The molecule has 0 radical (unpaired) electrons. The number of nitrogen functional groups attached to an aromatic ring is 1. The molecular weight excluding hydrogens is 274 g/mol. The molecule has 0 bridgehead atoms. The second kappa shape index (κ2) is 5.42. The van der Waals surface area contributed by atoms with E-state index in [1.165, 1.54) is 11.8 Å². The van der Waals surface area contributed by atoms with Crippen LogP contribution in [-0.2, 0) is 5.75 Å². The van der Waals surface area contributed by atoms with Crippen LogP contribution in [0.2, 0.25) is 0 Å². The Morgan fingerprint density at radius 2 is 2.15 bits per heavy atom. The number of pyridine rings is 1. The van der Waals surface area contributed by atoms with Crippen molar-refractivity contribution in [3.63, 3.8) is 0 Å². The van der Waals surface area contributed by atoms with Crippen molar-refractivity contribution in [3.05, 3.63) is 42.1 Å². The van der Waals surface area contributed by atoms with Gasteiger partial charge in [0, 0.05) is 23.6 Å². The van der Waals surface area contributed by atoms with E-state index in [1.807, 2.05) is 30.3 Å². The maximum atomic E-state index is 5.71. The lowest BCUT2D eigenvalue weighted by Crippen LogP contribution is -1.91. The molecule has 0 fully saturated rings. The Labute approximate surface area is 120 Å². The average molecular weight is 287 g/mol. The second-order valence-corrected chi connectivity index (χ2v) is 5.09. The molecule has 0 atom stereocenters. The van der Waals surface area contributed by atoms with Crippen LogP contribution in [0.5, 0.6) is 5.88 Å². The summed E-state index contributed by atoms with van der Waals surface area (Å²) < 4.78 is 10.7. The highest BCUT2D eigenvalue weighted by molar-refractivity contribution is 7.98. The van der Waals surface area contributed by atoms with Crippen molar-refractivity contribution in [2.45, 2.75) is 11.0 Å². The summed E-state index contributed by atoms with van der Waals surface area (Å²) in [6.45, 7) is 0. The fourth-order valence-corrected chi connectivity index (χ4v) is 2.51. The molecule has 102 valence electrons. The summed E-state index contributed by atoms with van der Waals surface area (Å²) >= 11 is 1.49. The van der Waals surface area contributed by atoms with Gasteiger partial charge in [-0.25, -0.2) is 9.97 Å². The molecule has 2 N–H and O–H groups in total. The van der Waals surface area contributed by atoms with Gasteiger partial charge in [-0.2, -0.15) is 0 Å². The summed E-state index contributed by atoms with van der Waals surface area (Å²) in [5.41, 5.74) is 8.80. The van der Waals surface area contributed by atoms with Crippen LogP contribution in [0, 0.1) is 0 Å². The van der Waals surface area contributed by atoms with Gasteiger partial charge in [0.25, 0.3) is 5.22 Å². The minimum atomic E-state index is 0.605. The first-order valence-electron chi connectivity index (χ1n) is 6.03. The lowest BCUT2D eigenvalue weighted by atomic mass is 10.3. The summed E-state index contributed by atoms with van der Waals surface area (Å²) in [5, 5.41) is 0.607. The molecule has 2 heterocycles. The van der Waals surface area contributed by atoms with Gasteiger partial charge < -0.3 is 14.9 Å². The van der Waals surface area contributed by atoms with Crippen LogP contribution in [-0.4, -0.2) is 17.1 Å². The number of hydrogen-bond acceptors (Lipinski definition) is 6. The van der Waals surface area contributed by atoms with Crippen LogP contribution in [0.3, 0.4) is 0 Å². The molecule has 0 spiro atoms. The van der Waals surface area contributed by atoms with Crippen molar-refractivity contribution in [2.24, 2.45) is 0 Å². The lowest BCUT2D eigenvalue weighted by Gasteiger charge is -2.01. The predicted molar refractivity (Wildman–Crippen MR) is 78.8 cm³/mol. The van der Waals surface area contributed by atoms with E-state index >= 15 is 0 Å². The highest BCUT2D eigenvalue weighted by atomic mass is 32.2. The maximum Gasteiger partial charge on any atom is 0.257 e. The van der Waals surface area contributed by atoms with E-state index in [0.29, 0.717) is 28.1 Å². The highest BCUT2D eigenvalue weighted by Gasteiger charge is 2.07. The molecule has 1 aromatic carbocycles. The number of fused-ring (bicyclic) bond motifs is 1. The molecule has 0 saturated carbocycles. The van der Waals surface area contributed by atoms with Crippen LogP contribution in [0.15, 0.2) is 46.0 Å². The smallest absolute Gasteiger partial charge is 0.257 e.